The zero-order chi connectivity index (χ0) is 25.3. The van der Waals surface area contributed by atoms with Crippen molar-refractivity contribution >= 4 is 42.6 Å². The fraction of sp³-hybridized carbons (Fsp3) is 0.320. The van der Waals surface area contributed by atoms with Gasteiger partial charge in [-0.15, -0.1) is 0 Å². The summed E-state index contributed by atoms with van der Waals surface area (Å²) in [6.45, 7) is 3.28. The molecule has 3 heterocycles. The first-order valence-electron chi connectivity index (χ1n) is 11.7. The molecule has 5 rings (SSSR count). The number of halogens is 1. The maximum Gasteiger partial charge on any atom is 0.243 e. The molecule has 2 aromatic carbocycles. The van der Waals surface area contributed by atoms with E-state index in [1.165, 1.54) is 27.8 Å². The van der Waals surface area contributed by atoms with Crippen LogP contribution >= 0.6 is 11.3 Å². The summed E-state index contributed by atoms with van der Waals surface area (Å²) in [6.07, 6.45) is 4.34. The molecule has 0 spiro atoms. The maximum absolute atomic E-state index is 13.7. The predicted octanol–water partition coefficient (Wildman–Crippen LogP) is 4.07. The van der Waals surface area contributed by atoms with Crippen LogP contribution in [0.15, 0.2) is 65.8 Å². The van der Waals surface area contributed by atoms with Gasteiger partial charge in [-0.25, -0.2) is 17.8 Å². The molecule has 36 heavy (non-hydrogen) atoms. The molecule has 0 unspecified atom stereocenters. The summed E-state index contributed by atoms with van der Waals surface area (Å²) < 4.78 is 43.7. The number of anilines is 1. The Hall–Kier alpha value is -3.15. The van der Waals surface area contributed by atoms with Gasteiger partial charge in [0.1, 0.15) is 5.82 Å². The second kappa shape index (κ2) is 10.1. The first kappa shape index (κ1) is 24.5. The number of aryl methyl sites for hydroxylation is 1. The van der Waals surface area contributed by atoms with Crippen LogP contribution in [-0.4, -0.2) is 53.0 Å². The van der Waals surface area contributed by atoms with E-state index >= 15 is 0 Å². The van der Waals surface area contributed by atoms with Crippen molar-refractivity contribution in [3.05, 3.63) is 72.3 Å². The Morgan fingerprint density at radius 3 is 2.61 bits per heavy atom. The SMILES string of the molecule is Cc1ccc(S(=O)(=O)N2CCC(C(=O)N(CCn3cccn3)c3nc4ccc(F)cc4s3)CC2)cc1. The molecular formula is C25H26FN5O3S2. The molecule has 4 aromatic rings. The Morgan fingerprint density at radius 1 is 1.17 bits per heavy atom. The molecule has 0 radical (unpaired) electrons. The third-order valence-corrected chi connectivity index (χ3v) is 9.36. The van der Waals surface area contributed by atoms with Crippen LogP contribution in [-0.2, 0) is 21.4 Å². The van der Waals surface area contributed by atoms with E-state index in [1.54, 1.807) is 46.1 Å². The second-order valence-electron chi connectivity index (χ2n) is 8.86. The number of benzene rings is 2. The van der Waals surface area contributed by atoms with Crippen LogP contribution in [0.3, 0.4) is 0 Å². The number of fused-ring (bicyclic) bond motifs is 1. The normalized spacial score (nSPS) is 15.4. The number of piperidine rings is 1. The molecule has 2 aromatic heterocycles. The molecule has 1 aliphatic heterocycles. The number of amides is 1. The molecule has 1 fully saturated rings. The van der Waals surface area contributed by atoms with E-state index in [-0.39, 0.29) is 35.6 Å². The van der Waals surface area contributed by atoms with Crippen molar-refractivity contribution in [2.24, 2.45) is 5.92 Å². The van der Waals surface area contributed by atoms with Gasteiger partial charge in [-0.1, -0.05) is 29.0 Å². The number of aromatic nitrogens is 3. The van der Waals surface area contributed by atoms with E-state index in [0.29, 0.717) is 41.3 Å². The number of nitrogens with zero attached hydrogens (tertiary/aromatic N) is 5. The Labute approximate surface area is 213 Å². The summed E-state index contributed by atoms with van der Waals surface area (Å²) in [5.74, 6) is -0.792. The van der Waals surface area contributed by atoms with Gasteiger partial charge in [-0.2, -0.15) is 9.40 Å². The minimum atomic E-state index is -3.61. The van der Waals surface area contributed by atoms with Crippen LogP contribution in [0, 0.1) is 18.7 Å². The fourth-order valence-electron chi connectivity index (χ4n) is 4.36. The lowest BCUT2D eigenvalue weighted by molar-refractivity contribution is -0.123. The van der Waals surface area contributed by atoms with E-state index in [1.807, 2.05) is 19.2 Å². The number of hydrogen-bond acceptors (Lipinski definition) is 6. The van der Waals surface area contributed by atoms with Crippen LogP contribution in [0.2, 0.25) is 0 Å². The number of carbonyl (C=O) groups is 1. The summed E-state index contributed by atoms with van der Waals surface area (Å²) in [6, 6.07) is 13.0. The number of thiazole rings is 1. The summed E-state index contributed by atoms with van der Waals surface area (Å²) >= 11 is 1.27. The number of carbonyl (C=O) groups excluding carboxylic acids is 1. The topological polar surface area (TPSA) is 88.4 Å². The van der Waals surface area contributed by atoms with E-state index in [9.17, 15) is 17.6 Å². The number of rotatable bonds is 7. The van der Waals surface area contributed by atoms with Crippen molar-refractivity contribution in [3.8, 4) is 0 Å². The minimum absolute atomic E-state index is 0.103. The first-order chi connectivity index (χ1) is 17.3. The van der Waals surface area contributed by atoms with E-state index in [2.05, 4.69) is 10.1 Å². The molecule has 0 bridgehead atoms. The molecule has 1 aliphatic rings. The molecule has 1 amide bonds. The van der Waals surface area contributed by atoms with Gasteiger partial charge >= 0.3 is 0 Å². The van der Waals surface area contributed by atoms with Crippen LogP contribution in [0.5, 0.6) is 0 Å². The van der Waals surface area contributed by atoms with Gasteiger partial charge in [0, 0.05) is 37.9 Å². The average molecular weight is 528 g/mol. The average Bonchev–Trinajstić information content (AvgIpc) is 3.54. The third-order valence-electron chi connectivity index (χ3n) is 6.41. The predicted molar refractivity (Wildman–Crippen MR) is 137 cm³/mol. The summed E-state index contributed by atoms with van der Waals surface area (Å²) in [7, 11) is -3.61. The molecule has 0 atom stereocenters. The number of sulfonamides is 1. The highest BCUT2D eigenvalue weighted by Gasteiger charge is 2.35. The van der Waals surface area contributed by atoms with E-state index in [0.717, 1.165) is 5.56 Å². The van der Waals surface area contributed by atoms with Gasteiger partial charge in [0.05, 0.1) is 21.7 Å². The van der Waals surface area contributed by atoms with Crippen LogP contribution in [0.4, 0.5) is 9.52 Å². The lowest BCUT2D eigenvalue weighted by atomic mass is 9.96. The molecular weight excluding hydrogens is 501 g/mol. The van der Waals surface area contributed by atoms with Gasteiger partial charge in [0.15, 0.2) is 5.13 Å². The smallest absolute Gasteiger partial charge is 0.243 e. The highest BCUT2D eigenvalue weighted by Crippen LogP contribution is 2.32. The van der Waals surface area contributed by atoms with Gasteiger partial charge in [-0.3, -0.25) is 14.4 Å². The zero-order valence-electron chi connectivity index (χ0n) is 19.7. The minimum Gasteiger partial charge on any atom is -0.286 e. The van der Waals surface area contributed by atoms with Gasteiger partial charge in [-0.05, 0) is 56.2 Å². The highest BCUT2D eigenvalue weighted by atomic mass is 32.2. The van der Waals surface area contributed by atoms with E-state index < -0.39 is 10.0 Å². The zero-order valence-corrected chi connectivity index (χ0v) is 21.4. The molecule has 188 valence electrons. The van der Waals surface area contributed by atoms with Crippen LogP contribution in [0.1, 0.15) is 18.4 Å². The van der Waals surface area contributed by atoms with Crippen LogP contribution in [0.25, 0.3) is 10.2 Å². The Bertz CT molecular complexity index is 1460. The van der Waals surface area contributed by atoms with Crippen LogP contribution < -0.4 is 4.90 Å². The highest BCUT2D eigenvalue weighted by molar-refractivity contribution is 7.89. The van der Waals surface area contributed by atoms with Gasteiger partial charge in [0.25, 0.3) is 0 Å². The Kier molecular flexibility index (Phi) is 6.87. The lowest BCUT2D eigenvalue weighted by Crippen LogP contribution is -2.45. The summed E-state index contributed by atoms with van der Waals surface area (Å²) in [5, 5.41) is 4.72. The monoisotopic (exact) mass is 527 g/mol. The second-order valence-corrected chi connectivity index (χ2v) is 11.8. The van der Waals surface area contributed by atoms with Gasteiger partial charge in [0.2, 0.25) is 15.9 Å². The third kappa shape index (κ3) is 5.04. The van der Waals surface area contributed by atoms with Crippen molar-refractivity contribution in [3.63, 3.8) is 0 Å². The largest absolute Gasteiger partial charge is 0.286 e. The van der Waals surface area contributed by atoms with Gasteiger partial charge < -0.3 is 0 Å². The Morgan fingerprint density at radius 2 is 1.92 bits per heavy atom. The van der Waals surface area contributed by atoms with Crippen molar-refractivity contribution < 1.29 is 17.6 Å². The fourth-order valence-corrected chi connectivity index (χ4v) is 6.85. The molecule has 0 saturated carbocycles. The van der Waals surface area contributed by atoms with Crippen molar-refractivity contribution in [2.75, 3.05) is 24.5 Å². The quantitative estimate of drug-likeness (QED) is 0.362. The van der Waals surface area contributed by atoms with Crippen molar-refractivity contribution in [2.45, 2.75) is 31.2 Å². The Balaban J connectivity index is 1.33. The van der Waals surface area contributed by atoms with Crippen molar-refractivity contribution in [1.29, 1.82) is 0 Å². The van der Waals surface area contributed by atoms with E-state index in [4.69, 9.17) is 0 Å². The lowest BCUT2D eigenvalue weighted by Gasteiger charge is -2.33. The molecule has 0 aliphatic carbocycles. The molecule has 11 heteroatoms. The first-order valence-corrected chi connectivity index (χ1v) is 14.0. The molecule has 8 nitrogen and oxygen atoms in total. The van der Waals surface area contributed by atoms with Crippen molar-refractivity contribution in [1.82, 2.24) is 19.1 Å². The summed E-state index contributed by atoms with van der Waals surface area (Å²) in [5.41, 5.74) is 1.62. The maximum atomic E-state index is 13.7. The summed E-state index contributed by atoms with van der Waals surface area (Å²) in [4.78, 5) is 20.2. The molecule has 1 saturated heterocycles. The number of hydrogen-bond donors (Lipinski definition) is 0. The standard InChI is InChI=1S/C25H26FN5O3S2/c1-18-3-6-21(7-4-18)36(33,34)30-13-9-19(10-14-30)24(32)31(16-15-29-12-2-11-27-29)25-28-22-8-5-20(26)17-23(22)35-25/h2-8,11-12,17,19H,9-10,13-16H2,1H3. The molecule has 0 N–H and O–H groups in total.